The molecule has 6 heteroatoms. The molecule has 0 saturated heterocycles. The maximum Gasteiger partial charge on any atom is 0.279 e. The Morgan fingerprint density at radius 2 is 1.79 bits per heavy atom. The lowest BCUT2D eigenvalue weighted by molar-refractivity contribution is -0.128. The van der Waals surface area contributed by atoms with Gasteiger partial charge in [-0.2, -0.15) is 0 Å². The zero-order chi connectivity index (χ0) is 17.5. The van der Waals surface area contributed by atoms with E-state index in [1.807, 2.05) is 25.1 Å². The van der Waals surface area contributed by atoms with Crippen molar-refractivity contribution in [2.24, 2.45) is 0 Å². The van der Waals surface area contributed by atoms with Crippen LogP contribution in [0, 0.1) is 6.92 Å². The molecule has 0 heterocycles. The summed E-state index contributed by atoms with van der Waals surface area (Å²) in [7, 11) is 1.47. The van der Waals surface area contributed by atoms with Crippen LogP contribution >= 0.6 is 0 Å². The summed E-state index contributed by atoms with van der Waals surface area (Å²) in [5.74, 6) is 0.0883. The van der Waals surface area contributed by atoms with Crippen molar-refractivity contribution in [3.63, 3.8) is 0 Å². The quantitative estimate of drug-likeness (QED) is 0.825. The van der Waals surface area contributed by atoms with Crippen LogP contribution < -0.4 is 20.3 Å². The number of hydrazine groups is 1. The third kappa shape index (κ3) is 4.49. The van der Waals surface area contributed by atoms with Crippen LogP contribution in [0.2, 0.25) is 0 Å². The molecular weight excluding hydrogens is 308 g/mol. The molecule has 1 atom stereocenters. The second-order valence-electron chi connectivity index (χ2n) is 5.22. The van der Waals surface area contributed by atoms with Crippen molar-refractivity contribution < 1.29 is 19.1 Å². The summed E-state index contributed by atoms with van der Waals surface area (Å²) < 4.78 is 10.7. The van der Waals surface area contributed by atoms with Gasteiger partial charge in [0, 0.05) is 0 Å². The second-order valence-corrected chi connectivity index (χ2v) is 5.22. The van der Waals surface area contributed by atoms with Gasteiger partial charge in [0.15, 0.2) is 6.10 Å². The summed E-state index contributed by atoms with van der Waals surface area (Å²) >= 11 is 0. The number of methoxy groups -OCH3 is 1. The molecule has 2 amide bonds. The molecule has 0 saturated carbocycles. The number of amides is 2. The smallest absolute Gasteiger partial charge is 0.279 e. The van der Waals surface area contributed by atoms with Crippen molar-refractivity contribution in [1.82, 2.24) is 10.9 Å². The van der Waals surface area contributed by atoms with Gasteiger partial charge < -0.3 is 9.47 Å². The molecule has 0 aliphatic carbocycles. The van der Waals surface area contributed by atoms with Crippen LogP contribution in [0.4, 0.5) is 0 Å². The molecule has 0 bridgehead atoms. The molecule has 0 aliphatic heterocycles. The fraction of sp³-hybridized carbons (Fsp3) is 0.222. The van der Waals surface area contributed by atoms with Gasteiger partial charge in [0.2, 0.25) is 0 Å². The molecule has 6 nitrogen and oxygen atoms in total. The Morgan fingerprint density at radius 3 is 2.50 bits per heavy atom. The average molecular weight is 328 g/mol. The van der Waals surface area contributed by atoms with Gasteiger partial charge in [-0.15, -0.1) is 0 Å². The van der Waals surface area contributed by atoms with Crippen LogP contribution in [0.1, 0.15) is 22.8 Å². The standard InChI is InChI=1S/C18H20N2O4/c1-12-7-6-8-14(11-12)24-13(2)17(21)19-20-18(22)15-9-4-5-10-16(15)23-3/h4-11,13H,1-3H3,(H,19,21)(H,20,22). The molecule has 2 aromatic rings. The molecule has 24 heavy (non-hydrogen) atoms. The van der Waals surface area contributed by atoms with Gasteiger partial charge in [-0.1, -0.05) is 24.3 Å². The number of carbonyl (C=O) groups is 2. The van der Waals surface area contributed by atoms with Crippen LogP contribution in [0.3, 0.4) is 0 Å². The van der Waals surface area contributed by atoms with Crippen LogP contribution in [-0.2, 0) is 4.79 Å². The van der Waals surface area contributed by atoms with Gasteiger partial charge in [-0.25, -0.2) is 0 Å². The molecule has 0 aromatic heterocycles. The van der Waals surface area contributed by atoms with Crippen molar-refractivity contribution in [2.75, 3.05) is 7.11 Å². The Bertz CT molecular complexity index is 730. The number of ether oxygens (including phenoxy) is 2. The predicted octanol–water partition coefficient (Wildman–Crippen LogP) is 2.23. The molecule has 0 spiro atoms. The van der Waals surface area contributed by atoms with Gasteiger partial charge in [0.25, 0.3) is 11.8 Å². The minimum Gasteiger partial charge on any atom is -0.496 e. The average Bonchev–Trinajstić information content (AvgIpc) is 2.59. The van der Waals surface area contributed by atoms with E-state index >= 15 is 0 Å². The first-order valence-electron chi connectivity index (χ1n) is 7.48. The Kier molecular flexibility index (Phi) is 5.78. The summed E-state index contributed by atoms with van der Waals surface area (Å²) in [5, 5.41) is 0. The van der Waals surface area contributed by atoms with E-state index < -0.39 is 17.9 Å². The number of carbonyl (C=O) groups excluding carboxylic acids is 2. The summed E-state index contributed by atoms with van der Waals surface area (Å²) in [6.07, 6.45) is -0.759. The number of nitrogens with one attached hydrogen (secondary N) is 2. The molecule has 0 radical (unpaired) electrons. The molecule has 2 rings (SSSR count). The highest BCUT2D eigenvalue weighted by atomic mass is 16.5. The summed E-state index contributed by atoms with van der Waals surface area (Å²) in [5.41, 5.74) is 6.06. The first-order chi connectivity index (χ1) is 11.5. The largest absolute Gasteiger partial charge is 0.496 e. The van der Waals surface area contributed by atoms with Gasteiger partial charge in [-0.05, 0) is 43.7 Å². The summed E-state index contributed by atoms with van der Waals surface area (Å²) in [6, 6.07) is 14.1. The Morgan fingerprint density at radius 1 is 1.04 bits per heavy atom. The third-order valence-electron chi connectivity index (χ3n) is 3.32. The SMILES string of the molecule is COc1ccccc1C(=O)NNC(=O)C(C)Oc1cccc(C)c1. The van der Waals surface area contributed by atoms with E-state index in [1.165, 1.54) is 7.11 Å². The minimum atomic E-state index is -0.759. The lowest BCUT2D eigenvalue weighted by Crippen LogP contribution is -2.47. The molecule has 1 unspecified atom stereocenters. The van der Waals surface area contributed by atoms with Crippen molar-refractivity contribution >= 4 is 11.8 Å². The van der Waals surface area contributed by atoms with Crippen molar-refractivity contribution in [2.45, 2.75) is 20.0 Å². The van der Waals surface area contributed by atoms with Gasteiger partial charge >= 0.3 is 0 Å². The minimum absolute atomic E-state index is 0.326. The number of rotatable bonds is 5. The van der Waals surface area contributed by atoms with Gasteiger partial charge in [0.05, 0.1) is 12.7 Å². The topological polar surface area (TPSA) is 76.7 Å². The number of hydrogen-bond donors (Lipinski definition) is 2. The first kappa shape index (κ1) is 17.3. The van der Waals surface area contributed by atoms with E-state index in [-0.39, 0.29) is 0 Å². The number of hydrogen-bond acceptors (Lipinski definition) is 4. The molecule has 0 aliphatic rings. The van der Waals surface area contributed by atoms with Gasteiger partial charge in [0.1, 0.15) is 11.5 Å². The number of aryl methyl sites for hydroxylation is 1. The van der Waals surface area contributed by atoms with Crippen molar-refractivity contribution in [3.8, 4) is 11.5 Å². The monoisotopic (exact) mass is 328 g/mol. The van der Waals surface area contributed by atoms with Crippen LogP contribution in [0.25, 0.3) is 0 Å². The van der Waals surface area contributed by atoms with E-state index in [4.69, 9.17) is 9.47 Å². The molecule has 0 fully saturated rings. The Labute approximate surface area is 140 Å². The van der Waals surface area contributed by atoms with E-state index in [0.29, 0.717) is 17.1 Å². The number of para-hydroxylation sites is 1. The normalized spacial score (nSPS) is 11.3. The second kappa shape index (κ2) is 8.01. The summed E-state index contributed by atoms with van der Waals surface area (Å²) in [6.45, 7) is 3.54. The van der Waals surface area contributed by atoms with Crippen LogP contribution in [0.15, 0.2) is 48.5 Å². The fourth-order valence-electron chi connectivity index (χ4n) is 2.07. The lowest BCUT2D eigenvalue weighted by atomic mass is 10.2. The van der Waals surface area contributed by atoms with Crippen LogP contribution in [0.5, 0.6) is 11.5 Å². The van der Waals surface area contributed by atoms with Crippen molar-refractivity contribution in [1.29, 1.82) is 0 Å². The maximum absolute atomic E-state index is 12.1. The van der Waals surface area contributed by atoms with E-state index in [0.717, 1.165) is 5.56 Å². The van der Waals surface area contributed by atoms with E-state index in [2.05, 4.69) is 10.9 Å². The summed E-state index contributed by atoms with van der Waals surface area (Å²) in [4.78, 5) is 24.1. The zero-order valence-corrected chi connectivity index (χ0v) is 13.8. The number of benzene rings is 2. The molecule has 126 valence electrons. The van der Waals surface area contributed by atoms with Crippen molar-refractivity contribution in [3.05, 3.63) is 59.7 Å². The highest BCUT2D eigenvalue weighted by Gasteiger charge is 2.17. The highest BCUT2D eigenvalue weighted by Crippen LogP contribution is 2.16. The predicted molar refractivity (Wildman–Crippen MR) is 89.9 cm³/mol. The third-order valence-corrected chi connectivity index (χ3v) is 3.32. The van der Waals surface area contributed by atoms with Crippen LogP contribution in [-0.4, -0.2) is 25.0 Å². The van der Waals surface area contributed by atoms with E-state index in [9.17, 15) is 9.59 Å². The lowest BCUT2D eigenvalue weighted by Gasteiger charge is -2.16. The molecular formula is C18H20N2O4. The van der Waals surface area contributed by atoms with E-state index in [1.54, 1.807) is 37.3 Å². The first-order valence-corrected chi connectivity index (χ1v) is 7.48. The zero-order valence-electron chi connectivity index (χ0n) is 13.8. The Balaban J connectivity index is 1.91. The fourth-order valence-corrected chi connectivity index (χ4v) is 2.07. The van der Waals surface area contributed by atoms with Gasteiger partial charge in [-0.3, -0.25) is 20.4 Å². The molecule has 2 aromatic carbocycles. The maximum atomic E-state index is 12.1. The highest BCUT2D eigenvalue weighted by molar-refractivity contribution is 5.98. The Hall–Kier alpha value is -3.02. The molecule has 2 N–H and O–H groups in total.